The lowest BCUT2D eigenvalue weighted by atomic mass is 10.2. The van der Waals surface area contributed by atoms with Gasteiger partial charge in [0.25, 0.3) is 5.91 Å². The van der Waals surface area contributed by atoms with Crippen molar-refractivity contribution in [3.05, 3.63) is 56.2 Å². The number of hydrogen-bond acceptors (Lipinski definition) is 3. The number of amides is 1. The molecule has 0 bridgehead atoms. The predicted molar refractivity (Wildman–Crippen MR) is 85.4 cm³/mol. The highest BCUT2D eigenvalue weighted by Gasteiger charge is 2.13. The summed E-state index contributed by atoms with van der Waals surface area (Å²) in [4.78, 5) is 23.1. The van der Waals surface area contributed by atoms with E-state index in [9.17, 15) is 9.59 Å². The van der Waals surface area contributed by atoms with Gasteiger partial charge in [-0.3, -0.25) is 4.79 Å². The molecule has 21 heavy (non-hydrogen) atoms. The molecule has 108 valence electrons. The highest BCUT2D eigenvalue weighted by Crippen LogP contribution is 2.27. The molecule has 1 aromatic carbocycles. The van der Waals surface area contributed by atoms with Crippen molar-refractivity contribution in [2.24, 2.45) is 0 Å². The van der Waals surface area contributed by atoms with E-state index in [1.165, 1.54) is 17.4 Å². The number of carboxylic acids is 1. The van der Waals surface area contributed by atoms with E-state index in [0.717, 1.165) is 6.08 Å². The Morgan fingerprint density at radius 3 is 2.71 bits per heavy atom. The molecule has 0 saturated heterocycles. The minimum Gasteiger partial charge on any atom is -0.478 e. The lowest BCUT2D eigenvalue weighted by Crippen LogP contribution is -2.11. The van der Waals surface area contributed by atoms with Gasteiger partial charge in [-0.2, -0.15) is 0 Å². The van der Waals surface area contributed by atoms with E-state index in [1.807, 2.05) is 0 Å². The van der Waals surface area contributed by atoms with Gasteiger partial charge in [0.05, 0.1) is 15.6 Å². The van der Waals surface area contributed by atoms with Crippen LogP contribution in [-0.2, 0) is 4.79 Å². The average Bonchev–Trinajstić information content (AvgIpc) is 2.89. The summed E-state index contributed by atoms with van der Waals surface area (Å²) in [6.07, 6.45) is 2.35. The Bertz CT molecular complexity index is 725. The van der Waals surface area contributed by atoms with Crippen LogP contribution in [0.2, 0.25) is 10.0 Å². The molecule has 1 aromatic heterocycles. The largest absolute Gasteiger partial charge is 0.478 e. The van der Waals surface area contributed by atoms with Gasteiger partial charge < -0.3 is 10.4 Å². The monoisotopic (exact) mass is 341 g/mol. The van der Waals surface area contributed by atoms with Crippen molar-refractivity contribution in [2.75, 3.05) is 5.32 Å². The van der Waals surface area contributed by atoms with Gasteiger partial charge in [-0.15, -0.1) is 11.3 Å². The van der Waals surface area contributed by atoms with Crippen molar-refractivity contribution in [3.63, 3.8) is 0 Å². The first kappa shape index (κ1) is 15.6. The van der Waals surface area contributed by atoms with E-state index in [2.05, 4.69) is 5.32 Å². The fraction of sp³-hybridized carbons (Fsp3) is 0. The van der Waals surface area contributed by atoms with Crippen LogP contribution in [0.4, 0.5) is 5.69 Å². The topological polar surface area (TPSA) is 66.4 Å². The molecule has 0 spiro atoms. The van der Waals surface area contributed by atoms with Crippen LogP contribution in [0.3, 0.4) is 0 Å². The molecule has 2 rings (SSSR count). The van der Waals surface area contributed by atoms with Crippen LogP contribution >= 0.6 is 34.5 Å². The molecule has 2 N–H and O–H groups in total. The van der Waals surface area contributed by atoms with E-state index in [4.69, 9.17) is 28.3 Å². The summed E-state index contributed by atoms with van der Waals surface area (Å²) in [6.45, 7) is 0. The van der Waals surface area contributed by atoms with Crippen LogP contribution in [-0.4, -0.2) is 17.0 Å². The van der Waals surface area contributed by atoms with E-state index in [-0.39, 0.29) is 5.91 Å². The lowest BCUT2D eigenvalue weighted by Gasteiger charge is -2.07. The molecule has 0 atom stereocenters. The van der Waals surface area contributed by atoms with Crippen LogP contribution < -0.4 is 5.32 Å². The Balaban J connectivity index is 2.23. The maximum absolute atomic E-state index is 12.2. The number of thiophene rings is 1. The highest BCUT2D eigenvalue weighted by atomic mass is 35.5. The van der Waals surface area contributed by atoms with Gasteiger partial charge in [0.15, 0.2) is 0 Å². The Morgan fingerprint density at radius 1 is 1.24 bits per heavy atom. The third-order valence-corrected chi connectivity index (χ3v) is 3.98. The lowest BCUT2D eigenvalue weighted by molar-refractivity contribution is -0.131. The molecule has 1 heterocycles. The molecule has 0 aliphatic carbocycles. The molecule has 1 amide bonds. The van der Waals surface area contributed by atoms with Crippen molar-refractivity contribution < 1.29 is 14.7 Å². The zero-order chi connectivity index (χ0) is 15.4. The van der Waals surface area contributed by atoms with Gasteiger partial charge in [0, 0.05) is 11.1 Å². The van der Waals surface area contributed by atoms with Crippen molar-refractivity contribution >= 4 is 58.2 Å². The molecule has 7 heteroatoms. The standard InChI is InChI=1S/C14H9Cl2NO3S/c15-9-2-3-10(16)11(7-9)17-14(20)13-8(5-6-21-13)1-4-12(18)19/h1-7H,(H,17,20)(H,18,19). The second kappa shape index (κ2) is 6.76. The quantitative estimate of drug-likeness (QED) is 0.809. The van der Waals surface area contributed by atoms with Gasteiger partial charge in [-0.25, -0.2) is 4.79 Å². The molecule has 2 aromatic rings. The summed E-state index contributed by atoms with van der Waals surface area (Å²) in [5.41, 5.74) is 0.925. The average molecular weight is 342 g/mol. The summed E-state index contributed by atoms with van der Waals surface area (Å²) in [6, 6.07) is 6.41. The molecule has 0 saturated carbocycles. The van der Waals surface area contributed by atoms with Gasteiger partial charge in [-0.05, 0) is 41.3 Å². The molecule has 0 fully saturated rings. The summed E-state index contributed by atoms with van der Waals surface area (Å²) >= 11 is 13.0. The molecular weight excluding hydrogens is 333 g/mol. The van der Waals surface area contributed by atoms with Gasteiger partial charge >= 0.3 is 5.97 Å². The van der Waals surface area contributed by atoms with Crippen LogP contribution in [0.15, 0.2) is 35.7 Å². The Labute approximate surface area is 134 Å². The third kappa shape index (κ3) is 4.07. The fourth-order valence-corrected chi connectivity index (χ4v) is 2.69. The van der Waals surface area contributed by atoms with Gasteiger partial charge in [-0.1, -0.05) is 23.2 Å². The van der Waals surface area contributed by atoms with Crippen LogP contribution in [0.25, 0.3) is 6.08 Å². The number of carbonyl (C=O) groups is 2. The van der Waals surface area contributed by atoms with E-state index in [0.29, 0.717) is 26.2 Å². The van der Waals surface area contributed by atoms with E-state index in [1.54, 1.807) is 29.6 Å². The minimum atomic E-state index is -1.08. The molecule has 0 radical (unpaired) electrons. The first-order chi connectivity index (χ1) is 9.97. The van der Waals surface area contributed by atoms with Gasteiger partial charge in [0.2, 0.25) is 0 Å². The summed E-state index contributed by atoms with van der Waals surface area (Å²) in [7, 11) is 0. The number of aliphatic carboxylic acids is 1. The Morgan fingerprint density at radius 2 is 2.00 bits per heavy atom. The van der Waals surface area contributed by atoms with Crippen molar-refractivity contribution in [1.82, 2.24) is 0 Å². The number of nitrogens with one attached hydrogen (secondary N) is 1. The number of anilines is 1. The van der Waals surface area contributed by atoms with E-state index >= 15 is 0 Å². The third-order valence-electron chi connectivity index (χ3n) is 2.48. The zero-order valence-corrected chi connectivity index (χ0v) is 12.8. The maximum Gasteiger partial charge on any atom is 0.328 e. The normalized spacial score (nSPS) is 10.8. The summed E-state index contributed by atoms with van der Waals surface area (Å²) in [5.74, 6) is -1.45. The number of halogens is 2. The number of hydrogen-bond donors (Lipinski definition) is 2. The molecule has 0 unspecified atom stereocenters. The van der Waals surface area contributed by atoms with Crippen molar-refractivity contribution in [3.8, 4) is 0 Å². The second-order valence-corrected chi connectivity index (χ2v) is 5.71. The summed E-state index contributed by atoms with van der Waals surface area (Å²) in [5, 5.41) is 13.8. The number of rotatable bonds is 4. The zero-order valence-electron chi connectivity index (χ0n) is 10.5. The Kier molecular flexibility index (Phi) is 5.01. The number of carboxylic acid groups (broad SMARTS) is 1. The van der Waals surface area contributed by atoms with Crippen molar-refractivity contribution in [2.45, 2.75) is 0 Å². The van der Waals surface area contributed by atoms with Crippen molar-refractivity contribution in [1.29, 1.82) is 0 Å². The van der Waals surface area contributed by atoms with Crippen LogP contribution in [0.1, 0.15) is 15.2 Å². The molecule has 0 aliphatic heterocycles. The molecule has 4 nitrogen and oxygen atoms in total. The highest BCUT2D eigenvalue weighted by molar-refractivity contribution is 7.12. The first-order valence-corrected chi connectivity index (χ1v) is 7.36. The number of carbonyl (C=O) groups excluding carboxylic acids is 1. The van der Waals surface area contributed by atoms with Crippen LogP contribution in [0, 0.1) is 0 Å². The fourth-order valence-electron chi connectivity index (χ4n) is 1.57. The van der Waals surface area contributed by atoms with E-state index < -0.39 is 5.97 Å². The summed E-state index contributed by atoms with van der Waals surface area (Å²) < 4.78 is 0. The maximum atomic E-state index is 12.2. The molecular formula is C14H9Cl2NO3S. The van der Waals surface area contributed by atoms with Crippen LogP contribution in [0.5, 0.6) is 0 Å². The number of benzene rings is 1. The van der Waals surface area contributed by atoms with Gasteiger partial charge in [0.1, 0.15) is 0 Å². The second-order valence-electron chi connectivity index (χ2n) is 3.95. The minimum absolute atomic E-state index is 0.368. The predicted octanol–water partition coefficient (Wildman–Crippen LogP) is 4.41. The smallest absolute Gasteiger partial charge is 0.328 e. The molecule has 0 aliphatic rings. The SMILES string of the molecule is O=C(O)C=Cc1ccsc1C(=O)Nc1cc(Cl)ccc1Cl. The Hall–Kier alpha value is -1.82. The first-order valence-electron chi connectivity index (χ1n) is 5.72.